The molecule has 1 aliphatic heterocycles. The lowest BCUT2D eigenvalue weighted by Gasteiger charge is -2.36. The van der Waals surface area contributed by atoms with E-state index in [0.717, 1.165) is 30.5 Å². The lowest BCUT2D eigenvalue weighted by Crippen LogP contribution is -2.40. The molecule has 0 aromatic carbocycles. The van der Waals surface area contributed by atoms with Gasteiger partial charge in [0.15, 0.2) is 0 Å². The molecule has 1 N–H and O–H groups in total. The zero-order valence-corrected chi connectivity index (χ0v) is 13.3. The van der Waals surface area contributed by atoms with Gasteiger partial charge in [-0.05, 0) is 19.8 Å². The van der Waals surface area contributed by atoms with Crippen LogP contribution in [-0.2, 0) is 22.5 Å². The van der Waals surface area contributed by atoms with E-state index in [9.17, 15) is 9.59 Å². The maximum atomic E-state index is 11.7. The molecule has 0 saturated heterocycles. The number of nitrogens with one attached hydrogen (secondary N) is 1. The van der Waals surface area contributed by atoms with E-state index in [1.54, 1.807) is 11.9 Å². The number of hydrogen-bond acceptors (Lipinski definition) is 4. The molecule has 1 saturated carbocycles. The summed E-state index contributed by atoms with van der Waals surface area (Å²) in [7, 11) is 3.08. The molecule has 22 heavy (non-hydrogen) atoms. The SMILES string of the molecule is CNC(=O)C1CC(n2nc(C)c3c2CCN(C(=O)OC)C3)C1. The number of aromatic nitrogens is 2. The third-order valence-electron chi connectivity index (χ3n) is 4.80. The van der Waals surface area contributed by atoms with Gasteiger partial charge in [0.25, 0.3) is 0 Å². The summed E-state index contributed by atoms with van der Waals surface area (Å²) in [6.07, 6.45) is 2.18. The predicted octanol–water partition coefficient (Wildman–Crippen LogP) is 1.01. The van der Waals surface area contributed by atoms with E-state index >= 15 is 0 Å². The summed E-state index contributed by atoms with van der Waals surface area (Å²) < 4.78 is 6.88. The van der Waals surface area contributed by atoms with E-state index in [0.29, 0.717) is 19.1 Å². The second-order valence-corrected chi connectivity index (χ2v) is 6.03. The molecule has 0 spiro atoms. The van der Waals surface area contributed by atoms with Gasteiger partial charge in [0, 0.05) is 37.2 Å². The molecule has 7 nitrogen and oxygen atoms in total. The molecular weight excluding hydrogens is 284 g/mol. The van der Waals surface area contributed by atoms with Gasteiger partial charge >= 0.3 is 6.09 Å². The van der Waals surface area contributed by atoms with E-state index < -0.39 is 0 Å². The fourth-order valence-corrected chi connectivity index (χ4v) is 3.40. The van der Waals surface area contributed by atoms with Crippen molar-refractivity contribution in [1.82, 2.24) is 20.0 Å². The highest BCUT2D eigenvalue weighted by Gasteiger charge is 2.38. The molecule has 1 aliphatic carbocycles. The number of aryl methyl sites for hydroxylation is 1. The number of amides is 2. The zero-order chi connectivity index (χ0) is 15.9. The summed E-state index contributed by atoms with van der Waals surface area (Å²) in [5, 5.41) is 7.36. The number of rotatable bonds is 2. The molecule has 1 fully saturated rings. The minimum absolute atomic E-state index is 0.102. The van der Waals surface area contributed by atoms with Crippen LogP contribution in [0.4, 0.5) is 4.79 Å². The zero-order valence-electron chi connectivity index (χ0n) is 13.3. The molecule has 0 unspecified atom stereocenters. The smallest absolute Gasteiger partial charge is 0.409 e. The molecule has 7 heteroatoms. The van der Waals surface area contributed by atoms with Crippen LogP contribution in [0.3, 0.4) is 0 Å². The Morgan fingerprint density at radius 2 is 2.09 bits per heavy atom. The molecule has 1 aromatic heterocycles. The average molecular weight is 306 g/mol. The van der Waals surface area contributed by atoms with Crippen LogP contribution in [0.2, 0.25) is 0 Å². The van der Waals surface area contributed by atoms with E-state index in [4.69, 9.17) is 4.74 Å². The highest BCUT2D eigenvalue weighted by atomic mass is 16.5. The van der Waals surface area contributed by atoms with Crippen LogP contribution in [0.25, 0.3) is 0 Å². The number of nitrogens with zero attached hydrogens (tertiary/aromatic N) is 3. The van der Waals surface area contributed by atoms with Crippen molar-refractivity contribution in [1.29, 1.82) is 0 Å². The number of ether oxygens (including phenoxy) is 1. The van der Waals surface area contributed by atoms with Crippen molar-refractivity contribution in [3.05, 3.63) is 17.0 Å². The van der Waals surface area contributed by atoms with Crippen molar-refractivity contribution in [3.63, 3.8) is 0 Å². The fraction of sp³-hybridized carbons (Fsp3) is 0.667. The number of fused-ring (bicyclic) bond motifs is 1. The molecule has 3 rings (SSSR count). The largest absolute Gasteiger partial charge is 0.453 e. The van der Waals surface area contributed by atoms with E-state index in [-0.39, 0.29) is 17.9 Å². The molecule has 2 aliphatic rings. The van der Waals surface area contributed by atoms with Gasteiger partial charge in [-0.2, -0.15) is 5.10 Å². The standard InChI is InChI=1S/C15H22N4O3/c1-9-12-8-18(15(21)22-3)5-4-13(12)19(17-9)11-6-10(7-11)14(20)16-2/h10-11H,4-8H2,1-3H3,(H,16,20). The third-order valence-corrected chi connectivity index (χ3v) is 4.80. The summed E-state index contributed by atoms with van der Waals surface area (Å²) in [5.74, 6) is 0.219. The number of carbonyl (C=O) groups is 2. The summed E-state index contributed by atoms with van der Waals surface area (Å²) >= 11 is 0. The van der Waals surface area contributed by atoms with Gasteiger partial charge in [-0.15, -0.1) is 0 Å². The van der Waals surface area contributed by atoms with Crippen LogP contribution in [0.5, 0.6) is 0 Å². The lowest BCUT2D eigenvalue weighted by atomic mass is 9.79. The molecular formula is C15H22N4O3. The van der Waals surface area contributed by atoms with Crippen LogP contribution >= 0.6 is 0 Å². The van der Waals surface area contributed by atoms with Gasteiger partial charge in [0.2, 0.25) is 5.91 Å². The Kier molecular flexibility index (Phi) is 3.80. The summed E-state index contributed by atoms with van der Waals surface area (Å²) in [6, 6.07) is 0.300. The number of carbonyl (C=O) groups excluding carboxylic acids is 2. The minimum Gasteiger partial charge on any atom is -0.453 e. The van der Waals surface area contributed by atoms with Gasteiger partial charge in [0.05, 0.1) is 25.4 Å². The second-order valence-electron chi connectivity index (χ2n) is 6.03. The van der Waals surface area contributed by atoms with Crippen molar-refractivity contribution < 1.29 is 14.3 Å². The first-order valence-corrected chi connectivity index (χ1v) is 7.66. The van der Waals surface area contributed by atoms with Gasteiger partial charge in [-0.25, -0.2) is 4.79 Å². The van der Waals surface area contributed by atoms with Gasteiger partial charge < -0.3 is 15.0 Å². The van der Waals surface area contributed by atoms with E-state index in [1.807, 2.05) is 6.92 Å². The van der Waals surface area contributed by atoms with Crippen molar-refractivity contribution in [2.24, 2.45) is 5.92 Å². The third kappa shape index (κ3) is 2.34. The van der Waals surface area contributed by atoms with Crippen molar-refractivity contribution in [2.45, 2.75) is 38.8 Å². The van der Waals surface area contributed by atoms with Gasteiger partial charge in [-0.1, -0.05) is 0 Å². The summed E-state index contributed by atoms with van der Waals surface area (Å²) in [5.41, 5.74) is 3.30. The molecule has 0 radical (unpaired) electrons. The molecule has 2 heterocycles. The molecule has 1 aromatic rings. The monoisotopic (exact) mass is 306 g/mol. The first kappa shape index (κ1) is 14.9. The first-order chi connectivity index (χ1) is 10.5. The van der Waals surface area contributed by atoms with Crippen molar-refractivity contribution in [2.75, 3.05) is 20.7 Å². The molecule has 0 bridgehead atoms. The van der Waals surface area contributed by atoms with E-state index in [2.05, 4.69) is 15.1 Å². The van der Waals surface area contributed by atoms with Crippen molar-refractivity contribution >= 4 is 12.0 Å². The number of methoxy groups -OCH3 is 1. The Morgan fingerprint density at radius 3 is 2.73 bits per heavy atom. The Bertz CT molecular complexity index is 604. The Hall–Kier alpha value is -2.05. The van der Waals surface area contributed by atoms with Crippen LogP contribution in [0.1, 0.15) is 35.8 Å². The average Bonchev–Trinajstić information content (AvgIpc) is 2.81. The minimum atomic E-state index is -0.291. The Labute approximate surface area is 129 Å². The maximum Gasteiger partial charge on any atom is 0.409 e. The normalized spacial score (nSPS) is 23.5. The van der Waals surface area contributed by atoms with Crippen LogP contribution < -0.4 is 5.32 Å². The van der Waals surface area contributed by atoms with Gasteiger partial charge in [-0.3, -0.25) is 9.48 Å². The predicted molar refractivity (Wildman–Crippen MR) is 79.3 cm³/mol. The van der Waals surface area contributed by atoms with Crippen LogP contribution in [-0.4, -0.2) is 47.4 Å². The Morgan fingerprint density at radius 1 is 1.36 bits per heavy atom. The first-order valence-electron chi connectivity index (χ1n) is 7.66. The lowest BCUT2D eigenvalue weighted by molar-refractivity contribution is -0.128. The highest BCUT2D eigenvalue weighted by molar-refractivity contribution is 5.79. The second kappa shape index (κ2) is 5.62. The van der Waals surface area contributed by atoms with Gasteiger partial charge in [0.1, 0.15) is 0 Å². The maximum absolute atomic E-state index is 11.7. The topological polar surface area (TPSA) is 76.5 Å². The molecule has 2 amide bonds. The molecule has 0 atom stereocenters. The fourth-order valence-electron chi connectivity index (χ4n) is 3.40. The summed E-state index contributed by atoms with van der Waals surface area (Å²) in [6.45, 7) is 3.18. The van der Waals surface area contributed by atoms with Crippen LogP contribution in [0, 0.1) is 12.8 Å². The van der Waals surface area contributed by atoms with Crippen LogP contribution in [0.15, 0.2) is 0 Å². The summed E-state index contributed by atoms with van der Waals surface area (Å²) in [4.78, 5) is 25.0. The molecule has 120 valence electrons. The Balaban J connectivity index is 1.75. The van der Waals surface area contributed by atoms with E-state index in [1.165, 1.54) is 12.8 Å². The number of hydrogen-bond donors (Lipinski definition) is 1. The highest BCUT2D eigenvalue weighted by Crippen LogP contribution is 2.39. The van der Waals surface area contributed by atoms with Crippen molar-refractivity contribution in [3.8, 4) is 0 Å². The quantitative estimate of drug-likeness (QED) is 0.885.